The number of aryl methyl sites for hydroxylation is 1. The van der Waals surface area contributed by atoms with E-state index in [0.29, 0.717) is 12.5 Å². The second-order valence-corrected chi connectivity index (χ2v) is 6.43. The fraction of sp³-hybridized carbons (Fsp3) is 0.438. The number of rotatable bonds is 7. The van der Waals surface area contributed by atoms with Gasteiger partial charge in [0.15, 0.2) is 0 Å². The predicted octanol–water partition coefficient (Wildman–Crippen LogP) is 3.20. The van der Waals surface area contributed by atoms with Crippen LogP contribution in [0.5, 0.6) is 0 Å². The Morgan fingerprint density at radius 3 is 2.82 bits per heavy atom. The molecule has 0 unspecified atom stereocenters. The first kappa shape index (κ1) is 16.4. The highest BCUT2D eigenvalue weighted by atomic mass is 32.1. The van der Waals surface area contributed by atoms with Crippen molar-refractivity contribution >= 4 is 22.9 Å². The van der Waals surface area contributed by atoms with Gasteiger partial charge in [0.05, 0.1) is 16.4 Å². The van der Waals surface area contributed by atoms with Crippen LogP contribution in [0.25, 0.3) is 0 Å². The molecular formula is C16H22N4OS. The van der Waals surface area contributed by atoms with Crippen LogP contribution in [0.4, 0.5) is 5.69 Å². The van der Waals surface area contributed by atoms with E-state index in [-0.39, 0.29) is 5.91 Å². The lowest BCUT2D eigenvalue weighted by atomic mass is 10.2. The van der Waals surface area contributed by atoms with Crippen LogP contribution < -0.4 is 10.6 Å². The smallest absolute Gasteiger partial charge is 0.263 e. The van der Waals surface area contributed by atoms with Crippen molar-refractivity contribution in [1.82, 2.24) is 15.3 Å². The monoisotopic (exact) mass is 318 g/mol. The molecule has 1 amide bonds. The Labute approximate surface area is 135 Å². The number of thiazole rings is 1. The van der Waals surface area contributed by atoms with E-state index in [1.54, 1.807) is 12.4 Å². The van der Waals surface area contributed by atoms with Crippen LogP contribution in [-0.2, 0) is 0 Å². The molecule has 0 radical (unpaired) electrons. The van der Waals surface area contributed by atoms with Crippen LogP contribution in [0, 0.1) is 6.92 Å². The van der Waals surface area contributed by atoms with Crippen molar-refractivity contribution in [2.75, 3.05) is 18.4 Å². The summed E-state index contributed by atoms with van der Waals surface area (Å²) in [5.74, 6) is 0.331. The molecular weight excluding hydrogens is 296 g/mol. The average Bonchev–Trinajstić information content (AvgIpc) is 2.90. The SMILES string of the molecule is Cc1nc(C(C)C)sc1C(=O)NCCCNc1cccnc1. The number of nitrogens with zero attached hydrogens (tertiary/aromatic N) is 2. The van der Waals surface area contributed by atoms with Crippen LogP contribution in [-0.4, -0.2) is 29.0 Å². The van der Waals surface area contributed by atoms with E-state index in [4.69, 9.17) is 0 Å². The standard InChI is InChI=1S/C16H22N4OS/c1-11(2)16-20-12(3)14(22-16)15(21)19-9-5-8-18-13-6-4-7-17-10-13/h4,6-7,10-11,18H,5,8-9H2,1-3H3,(H,19,21). The van der Waals surface area contributed by atoms with Crippen LogP contribution in [0.3, 0.4) is 0 Å². The quantitative estimate of drug-likeness (QED) is 0.769. The summed E-state index contributed by atoms with van der Waals surface area (Å²) in [5.41, 5.74) is 1.81. The van der Waals surface area contributed by atoms with Crippen molar-refractivity contribution < 1.29 is 4.79 Å². The number of carbonyl (C=O) groups is 1. The molecule has 0 atom stereocenters. The molecule has 0 fully saturated rings. The summed E-state index contributed by atoms with van der Waals surface area (Å²) in [7, 11) is 0. The molecule has 0 saturated carbocycles. The Balaban J connectivity index is 1.74. The molecule has 2 aromatic heterocycles. The summed E-state index contributed by atoms with van der Waals surface area (Å²) >= 11 is 1.49. The Morgan fingerprint density at radius 1 is 1.36 bits per heavy atom. The van der Waals surface area contributed by atoms with Crippen LogP contribution in [0.1, 0.15) is 46.6 Å². The summed E-state index contributed by atoms with van der Waals surface area (Å²) in [6.07, 6.45) is 4.39. The van der Waals surface area contributed by atoms with E-state index in [1.165, 1.54) is 11.3 Å². The summed E-state index contributed by atoms with van der Waals surface area (Å²) < 4.78 is 0. The van der Waals surface area contributed by atoms with Crippen molar-refractivity contribution in [2.24, 2.45) is 0 Å². The lowest BCUT2D eigenvalue weighted by molar-refractivity contribution is 0.0957. The molecule has 0 aliphatic heterocycles. The van der Waals surface area contributed by atoms with Gasteiger partial charge in [0.1, 0.15) is 4.88 Å². The molecule has 0 bridgehead atoms. The highest BCUT2D eigenvalue weighted by molar-refractivity contribution is 7.13. The number of aromatic nitrogens is 2. The molecule has 22 heavy (non-hydrogen) atoms. The summed E-state index contributed by atoms with van der Waals surface area (Å²) in [6.45, 7) is 7.50. The minimum Gasteiger partial charge on any atom is -0.384 e. The second kappa shape index (κ2) is 7.89. The highest BCUT2D eigenvalue weighted by Gasteiger charge is 2.16. The van der Waals surface area contributed by atoms with Crippen molar-refractivity contribution in [3.05, 3.63) is 40.1 Å². The third-order valence-corrected chi connectivity index (χ3v) is 4.60. The van der Waals surface area contributed by atoms with Gasteiger partial charge in [0.2, 0.25) is 0 Å². The normalized spacial score (nSPS) is 10.7. The maximum Gasteiger partial charge on any atom is 0.263 e. The molecule has 2 aromatic rings. The van der Waals surface area contributed by atoms with E-state index in [0.717, 1.165) is 34.2 Å². The van der Waals surface area contributed by atoms with Gasteiger partial charge in [-0.2, -0.15) is 0 Å². The molecule has 0 spiro atoms. The lowest BCUT2D eigenvalue weighted by Crippen LogP contribution is -2.25. The van der Waals surface area contributed by atoms with Gasteiger partial charge in [-0.25, -0.2) is 4.98 Å². The first-order chi connectivity index (χ1) is 10.6. The fourth-order valence-corrected chi connectivity index (χ4v) is 2.93. The number of carbonyl (C=O) groups excluding carboxylic acids is 1. The summed E-state index contributed by atoms with van der Waals surface area (Å²) in [4.78, 5) is 21.4. The molecule has 0 aliphatic carbocycles. The van der Waals surface area contributed by atoms with E-state index in [2.05, 4.69) is 34.4 Å². The van der Waals surface area contributed by atoms with Crippen LogP contribution >= 0.6 is 11.3 Å². The van der Waals surface area contributed by atoms with Crippen molar-refractivity contribution in [1.29, 1.82) is 0 Å². The van der Waals surface area contributed by atoms with Crippen LogP contribution in [0.15, 0.2) is 24.5 Å². The highest BCUT2D eigenvalue weighted by Crippen LogP contribution is 2.24. The van der Waals surface area contributed by atoms with Crippen molar-refractivity contribution in [3.8, 4) is 0 Å². The minimum atomic E-state index is -0.0247. The molecule has 0 saturated heterocycles. The van der Waals surface area contributed by atoms with Gasteiger partial charge in [-0.05, 0) is 25.5 Å². The average molecular weight is 318 g/mol. The predicted molar refractivity (Wildman–Crippen MR) is 90.6 cm³/mol. The fourth-order valence-electron chi connectivity index (χ4n) is 1.95. The van der Waals surface area contributed by atoms with Crippen molar-refractivity contribution in [3.63, 3.8) is 0 Å². The third-order valence-electron chi connectivity index (χ3n) is 3.14. The summed E-state index contributed by atoms with van der Waals surface area (Å²) in [5, 5.41) is 7.23. The molecule has 2 heterocycles. The molecule has 6 heteroatoms. The van der Waals surface area contributed by atoms with Gasteiger partial charge in [0.25, 0.3) is 5.91 Å². The Kier molecular flexibility index (Phi) is 5.89. The maximum absolute atomic E-state index is 12.2. The number of nitrogens with one attached hydrogen (secondary N) is 2. The van der Waals surface area contributed by atoms with Crippen LogP contribution in [0.2, 0.25) is 0 Å². The van der Waals surface area contributed by atoms with Gasteiger partial charge >= 0.3 is 0 Å². The van der Waals surface area contributed by atoms with E-state index in [9.17, 15) is 4.79 Å². The topological polar surface area (TPSA) is 66.9 Å². The molecule has 0 aliphatic rings. The van der Waals surface area contributed by atoms with Crippen molar-refractivity contribution in [2.45, 2.75) is 33.1 Å². The number of pyridine rings is 1. The number of hydrogen-bond donors (Lipinski definition) is 2. The first-order valence-corrected chi connectivity index (χ1v) is 8.29. The summed E-state index contributed by atoms with van der Waals surface area (Å²) in [6, 6.07) is 3.86. The molecule has 2 rings (SSSR count). The number of amides is 1. The van der Waals surface area contributed by atoms with E-state index in [1.807, 2.05) is 19.1 Å². The van der Waals surface area contributed by atoms with Gasteiger partial charge in [0, 0.05) is 31.4 Å². The molecule has 5 nitrogen and oxygen atoms in total. The second-order valence-electron chi connectivity index (χ2n) is 5.40. The lowest BCUT2D eigenvalue weighted by Gasteiger charge is -2.06. The number of hydrogen-bond acceptors (Lipinski definition) is 5. The molecule has 0 aromatic carbocycles. The zero-order valence-electron chi connectivity index (χ0n) is 13.2. The molecule has 2 N–H and O–H groups in total. The molecule has 118 valence electrons. The Morgan fingerprint density at radius 2 is 2.18 bits per heavy atom. The van der Waals surface area contributed by atoms with E-state index >= 15 is 0 Å². The zero-order valence-corrected chi connectivity index (χ0v) is 14.0. The minimum absolute atomic E-state index is 0.0247. The van der Waals surface area contributed by atoms with Gasteiger partial charge < -0.3 is 10.6 Å². The van der Waals surface area contributed by atoms with E-state index < -0.39 is 0 Å². The number of anilines is 1. The Bertz CT molecular complexity index is 610. The Hall–Kier alpha value is -1.95. The van der Waals surface area contributed by atoms with Gasteiger partial charge in [-0.1, -0.05) is 13.8 Å². The first-order valence-electron chi connectivity index (χ1n) is 7.47. The third kappa shape index (κ3) is 4.53. The largest absolute Gasteiger partial charge is 0.384 e. The van der Waals surface area contributed by atoms with Gasteiger partial charge in [-0.15, -0.1) is 11.3 Å². The van der Waals surface area contributed by atoms with Gasteiger partial charge in [-0.3, -0.25) is 9.78 Å². The maximum atomic E-state index is 12.2. The zero-order chi connectivity index (χ0) is 15.9.